The average Bonchev–Trinajstić information content (AvgIpc) is 3.21. The minimum atomic E-state index is -0.699. The average molecular weight is 413 g/mol. The van der Waals surface area contributed by atoms with Gasteiger partial charge in [-0.3, -0.25) is 14.9 Å². The lowest BCUT2D eigenvalue weighted by atomic mass is 9.68. The lowest BCUT2D eigenvalue weighted by Crippen LogP contribution is -2.43. The van der Waals surface area contributed by atoms with Gasteiger partial charge in [-0.2, -0.15) is 5.10 Å². The van der Waals surface area contributed by atoms with Crippen molar-refractivity contribution in [3.63, 3.8) is 0 Å². The normalized spacial score (nSPS) is 16.9. The first-order valence-corrected chi connectivity index (χ1v) is 10.3. The number of carbonyl (C=O) groups excluding carboxylic acids is 1. The Kier molecular flexibility index (Phi) is 5.32. The number of nitrogens with one attached hydrogen (secondary N) is 1. The number of hydrogen-bond acceptors (Lipinski definition) is 4. The van der Waals surface area contributed by atoms with E-state index in [9.17, 15) is 9.90 Å². The standard InChI is InChI=1S/C22H25ClN4O2/c1-22(2,20(28)18-11-17(23)10-15-13-25-26-19(15)18)16-5-8-27(9-6-16)21(29)14-4-3-7-24-12-14/h3-4,7,10-13,16,20,28H,5-6,8-9H2,1-2H3,(H,25,26). The number of aromatic amines is 1. The Bertz CT molecular complexity index is 1010. The van der Waals surface area contributed by atoms with Gasteiger partial charge in [0.2, 0.25) is 0 Å². The number of aliphatic hydroxyl groups is 1. The van der Waals surface area contributed by atoms with Crippen LogP contribution in [0, 0.1) is 11.3 Å². The van der Waals surface area contributed by atoms with Crippen LogP contribution in [0.4, 0.5) is 0 Å². The predicted molar refractivity (Wildman–Crippen MR) is 113 cm³/mol. The monoisotopic (exact) mass is 412 g/mol. The van der Waals surface area contributed by atoms with Gasteiger partial charge >= 0.3 is 0 Å². The highest BCUT2D eigenvalue weighted by atomic mass is 35.5. The zero-order valence-corrected chi connectivity index (χ0v) is 17.4. The number of hydrogen-bond donors (Lipinski definition) is 2. The molecule has 1 fully saturated rings. The zero-order chi connectivity index (χ0) is 20.6. The number of carbonyl (C=O) groups is 1. The lowest BCUT2D eigenvalue weighted by molar-refractivity contribution is -0.0164. The molecule has 1 saturated heterocycles. The van der Waals surface area contributed by atoms with Crippen LogP contribution in [0.5, 0.6) is 0 Å². The quantitative estimate of drug-likeness (QED) is 0.672. The summed E-state index contributed by atoms with van der Waals surface area (Å²) in [7, 11) is 0. The van der Waals surface area contributed by atoms with Gasteiger partial charge in [0.25, 0.3) is 5.91 Å². The van der Waals surface area contributed by atoms with Gasteiger partial charge in [0.1, 0.15) is 0 Å². The lowest BCUT2D eigenvalue weighted by Gasteiger charge is -2.43. The molecule has 6 nitrogen and oxygen atoms in total. The van der Waals surface area contributed by atoms with E-state index in [2.05, 4.69) is 29.0 Å². The molecule has 4 rings (SSSR count). The molecular formula is C22H25ClN4O2. The molecule has 0 bridgehead atoms. The van der Waals surface area contributed by atoms with Gasteiger partial charge in [-0.25, -0.2) is 0 Å². The molecule has 152 valence electrons. The van der Waals surface area contributed by atoms with Crippen molar-refractivity contribution in [2.75, 3.05) is 13.1 Å². The number of rotatable bonds is 4. The third-order valence-electron chi connectivity index (χ3n) is 6.29. The van der Waals surface area contributed by atoms with E-state index in [-0.39, 0.29) is 17.2 Å². The highest BCUT2D eigenvalue weighted by Crippen LogP contribution is 2.46. The van der Waals surface area contributed by atoms with Gasteiger partial charge < -0.3 is 10.0 Å². The molecule has 29 heavy (non-hydrogen) atoms. The van der Waals surface area contributed by atoms with Crippen LogP contribution in [0.2, 0.25) is 5.02 Å². The molecule has 2 aromatic heterocycles. The van der Waals surface area contributed by atoms with Crippen molar-refractivity contribution in [3.05, 3.63) is 59.0 Å². The molecule has 0 spiro atoms. The molecular weight excluding hydrogens is 388 g/mol. The molecule has 1 aliphatic heterocycles. The summed E-state index contributed by atoms with van der Waals surface area (Å²) in [5.41, 5.74) is 1.82. The third kappa shape index (κ3) is 3.74. The summed E-state index contributed by atoms with van der Waals surface area (Å²) in [6.07, 6.45) is 5.96. The van der Waals surface area contributed by atoms with E-state index in [1.165, 1.54) is 0 Å². The Morgan fingerprint density at radius 3 is 2.76 bits per heavy atom. The number of likely N-dealkylation sites (tertiary alicyclic amines) is 1. The van der Waals surface area contributed by atoms with Gasteiger partial charge in [-0.15, -0.1) is 0 Å². The number of aromatic nitrogens is 3. The van der Waals surface area contributed by atoms with Crippen molar-refractivity contribution in [2.45, 2.75) is 32.8 Å². The van der Waals surface area contributed by atoms with Crippen LogP contribution in [-0.2, 0) is 0 Å². The Balaban J connectivity index is 1.50. The van der Waals surface area contributed by atoms with Crippen molar-refractivity contribution in [1.82, 2.24) is 20.1 Å². The molecule has 1 aliphatic rings. The molecule has 0 aliphatic carbocycles. The molecule has 3 heterocycles. The number of benzene rings is 1. The summed E-state index contributed by atoms with van der Waals surface area (Å²) in [6.45, 7) is 5.52. The zero-order valence-electron chi connectivity index (χ0n) is 16.6. The largest absolute Gasteiger partial charge is 0.388 e. The first-order chi connectivity index (χ1) is 13.9. The number of aliphatic hydroxyl groups excluding tert-OH is 1. The summed E-state index contributed by atoms with van der Waals surface area (Å²) in [5, 5.41) is 19.8. The van der Waals surface area contributed by atoms with Crippen LogP contribution in [0.3, 0.4) is 0 Å². The van der Waals surface area contributed by atoms with Crippen molar-refractivity contribution in [3.8, 4) is 0 Å². The van der Waals surface area contributed by atoms with E-state index in [0.29, 0.717) is 23.7 Å². The van der Waals surface area contributed by atoms with Gasteiger partial charge in [-0.05, 0) is 48.4 Å². The highest BCUT2D eigenvalue weighted by Gasteiger charge is 2.40. The van der Waals surface area contributed by atoms with Crippen molar-refractivity contribution in [2.24, 2.45) is 11.3 Å². The van der Waals surface area contributed by atoms with Crippen LogP contribution in [0.1, 0.15) is 48.7 Å². The first-order valence-electron chi connectivity index (χ1n) is 9.88. The summed E-state index contributed by atoms with van der Waals surface area (Å²) < 4.78 is 0. The maximum absolute atomic E-state index is 12.7. The number of pyridine rings is 1. The minimum Gasteiger partial charge on any atom is -0.388 e. The number of halogens is 1. The molecule has 7 heteroatoms. The van der Waals surface area contributed by atoms with E-state index < -0.39 is 6.10 Å². The maximum Gasteiger partial charge on any atom is 0.255 e. The Morgan fingerprint density at radius 1 is 1.31 bits per heavy atom. The van der Waals surface area contributed by atoms with Gasteiger partial charge in [0, 0.05) is 41.5 Å². The molecule has 1 atom stereocenters. The van der Waals surface area contributed by atoms with E-state index >= 15 is 0 Å². The fourth-order valence-electron chi connectivity index (χ4n) is 4.39. The van der Waals surface area contributed by atoms with E-state index in [0.717, 1.165) is 29.3 Å². The molecule has 1 amide bonds. The van der Waals surface area contributed by atoms with Crippen LogP contribution in [0.15, 0.2) is 42.9 Å². The summed E-state index contributed by atoms with van der Waals surface area (Å²) in [4.78, 5) is 18.6. The number of nitrogens with zero attached hydrogens (tertiary/aromatic N) is 3. The second-order valence-corrected chi connectivity index (χ2v) is 8.80. The topological polar surface area (TPSA) is 82.1 Å². The van der Waals surface area contributed by atoms with Gasteiger partial charge in [-0.1, -0.05) is 25.4 Å². The SMILES string of the molecule is CC(C)(C1CCN(C(=O)c2cccnc2)CC1)C(O)c1cc(Cl)cc2cn[nH]c12. The Labute approximate surface area is 174 Å². The smallest absolute Gasteiger partial charge is 0.255 e. The summed E-state index contributed by atoms with van der Waals surface area (Å²) in [6, 6.07) is 7.23. The van der Waals surface area contributed by atoms with Crippen LogP contribution in [-0.4, -0.2) is 44.2 Å². The Hall–Kier alpha value is -2.44. The second-order valence-electron chi connectivity index (χ2n) is 8.36. The van der Waals surface area contributed by atoms with Crippen molar-refractivity contribution in [1.29, 1.82) is 0 Å². The van der Waals surface area contributed by atoms with Crippen LogP contribution in [0.25, 0.3) is 10.9 Å². The molecule has 0 radical (unpaired) electrons. The first kappa shape index (κ1) is 19.9. The van der Waals surface area contributed by atoms with E-state index in [1.54, 1.807) is 30.7 Å². The maximum atomic E-state index is 12.7. The molecule has 3 aromatic rings. The minimum absolute atomic E-state index is 0.0175. The summed E-state index contributed by atoms with van der Waals surface area (Å²) in [5.74, 6) is 0.288. The Morgan fingerprint density at radius 2 is 2.07 bits per heavy atom. The van der Waals surface area contributed by atoms with Crippen LogP contribution < -0.4 is 0 Å². The fourth-order valence-corrected chi connectivity index (χ4v) is 4.62. The van der Waals surface area contributed by atoms with Crippen molar-refractivity contribution < 1.29 is 9.90 Å². The predicted octanol–water partition coefficient (Wildman–Crippen LogP) is 4.22. The molecule has 1 unspecified atom stereocenters. The third-order valence-corrected chi connectivity index (χ3v) is 6.50. The van der Waals surface area contributed by atoms with Crippen LogP contribution >= 0.6 is 11.6 Å². The number of fused-ring (bicyclic) bond motifs is 1. The molecule has 2 N–H and O–H groups in total. The molecule has 1 aromatic carbocycles. The van der Waals surface area contributed by atoms with E-state index in [4.69, 9.17) is 11.6 Å². The number of amides is 1. The molecule has 0 saturated carbocycles. The summed E-state index contributed by atoms with van der Waals surface area (Å²) >= 11 is 6.27. The second kappa shape index (κ2) is 7.76. The fraction of sp³-hybridized carbons (Fsp3) is 0.409. The van der Waals surface area contributed by atoms with Gasteiger partial charge in [0.05, 0.1) is 23.4 Å². The van der Waals surface area contributed by atoms with Gasteiger partial charge in [0.15, 0.2) is 0 Å². The highest BCUT2D eigenvalue weighted by molar-refractivity contribution is 6.31. The van der Waals surface area contributed by atoms with E-state index in [1.807, 2.05) is 17.0 Å². The van der Waals surface area contributed by atoms with Crippen molar-refractivity contribution >= 4 is 28.4 Å². The number of piperidine rings is 1. The number of H-pyrrole nitrogens is 1.